The monoisotopic (exact) mass is 282 g/mol. The summed E-state index contributed by atoms with van der Waals surface area (Å²) in [6, 6.07) is 5.08. The molecular weight excluding hydrogens is 260 g/mol. The van der Waals surface area contributed by atoms with E-state index in [0.717, 1.165) is 0 Å². The van der Waals surface area contributed by atoms with Crippen molar-refractivity contribution in [3.05, 3.63) is 23.8 Å². The predicted molar refractivity (Wildman–Crippen MR) is 76.3 cm³/mol. The Bertz CT molecular complexity index is 437. The second-order valence-electron chi connectivity index (χ2n) is 4.30. The zero-order chi connectivity index (χ0) is 15.0. The van der Waals surface area contributed by atoms with Gasteiger partial charge in [0, 0.05) is 19.7 Å². The summed E-state index contributed by atoms with van der Waals surface area (Å²) in [5, 5.41) is 2.80. The first-order chi connectivity index (χ1) is 9.63. The minimum Gasteiger partial charge on any atom is -0.493 e. The van der Waals surface area contributed by atoms with Crippen molar-refractivity contribution in [1.29, 1.82) is 0 Å². The van der Waals surface area contributed by atoms with Crippen molar-refractivity contribution in [2.75, 3.05) is 34.5 Å². The number of nitrogens with two attached hydrogens (primary N) is 1. The van der Waals surface area contributed by atoms with Crippen LogP contribution in [0.3, 0.4) is 0 Å². The van der Waals surface area contributed by atoms with E-state index in [1.54, 1.807) is 25.3 Å². The molecule has 3 N–H and O–H groups in total. The fraction of sp³-hybridized carbons (Fsp3) is 0.500. The highest BCUT2D eigenvalue weighted by Gasteiger charge is 2.16. The van der Waals surface area contributed by atoms with Crippen LogP contribution in [-0.2, 0) is 4.74 Å². The fourth-order valence-corrected chi connectivity index (χ4v) is 1.83. The van der Waals surface area contributed by atoms with Crippen LogP contribution in [0.2, 0.25) is 0 Å². The van der Waals surface area contributed by atoms with Crippen molar-refractivity contribution in [2.24, 2.45) is 5.73 Å². The van der Waals surface area contributed by atoms with E-state index in [4.69, 9.17) is 19.9 Å². The summed E-state index contributed by atoms with van der Waals surface area (Å²) < 4.78 is 15.3. The van der Waals surface area contributed by atoms with E-state index in [-0.39, 0.29) is 11.9 Å². The Morgan fingerprint density at radius 2 is 2.05 bits per heavy atom. The molecule has 0 saturated heterocycles. The lowest BCUT2D eigenvalue weighted by Crippen LogP contribution is -2.33. The van der Waals surface area contributed by atoms with E-state index in [9.17, 15) is 4.79 Å². The van der Waals surface area contributed by atoms with Crippen LogP contribution in [0.1, 0.15) is 16.8 Å². The van der Waals surface area contributed by atoms with Crippen molar-refractivity contribution < 1.29 is 19.0 Å². The maximum atomic E-state index is 12.1. The first-order valence-electron chi connectivity index (χ1n) is 6.37. The molecule has 0 radical (unpaired) electrons. The second kappa shape index (κ2) is 8.39. The van der Waals surface area contributed by atoms with E-state index >= 15 is 0 Å². The predicted octanol–water partition coefficient (Wildman–Crippen LogP) is 0.797. The molecule has 0 aliphatic carbocycles. The van der Waals surface area contributed by atoms with E-state index in [2.05, 4.69) is 5.32 Å². The molecule has 0 aliphatic heterocycles. The number of rotatable bonds is 8. The summed E-state index contributed by atoms with van der Waals surface area (Å²) >= 11 is 0. The van der Waals surface area contributed by atoms with Gasteiger partial charge in [-0.3, -0.25) is 4.79 Å². The van der Waals surface area contributed by atoms with E-state index < -0.39 is 0 Å². The molecular formula is C14H22N2O4. The molecule has 0 heterocycles. The molecule has 0 spiro atoms. The van der Waals surface area contributed by atoms with Crippen molar-refractivity contribution in [2.45, 2.75) is 12.5 Å². The number of nitrogens with one attached hydrogen (secondary N) is 1. The molecule has 6 heteroatoms. The minimum atomic E-state index is -0.217. The van der Waals surface area contributed by atoms with Gasteiger partial charge in [-0.2, -0.15) is 0 Å². The minimum absolute atomic E-state index is 0.0903. The number of amides is 1. The van der Waals surface area contributed by atoms with Gasteiger partial charge in [-0.1, -0.05) is 6.07 Å². The van der Waals surface area contributed by atoms with E-state index in [1.165, 1.54) is 14.2 Å². The molecule has 1 unspecified atom stereocenters. The van der Waals surface area contributed by atoms with Gasteiger partial charge in [-0.15, -0.1) is 0 Å². The van der Waals surface area contributed by atoms with Gasteiger partial charge in [-0.25, -0.2) is 0 Å². The lowest BCUT2D eigenvalue weighted by atomic mass is 10.1. The topological polar surface area (TPSA) is 82.8 Å². The average Bonchev–Trinajstić information content (AvgIpc) is 2.46. The summed E-state index contributed by atoms with van der Waals surface area (Å²) in [5.74, 6) is 0.732. The number of carbonyl (C=O) groups excluding carboxylic acids is 1. The van der Waals surface area contributed by atoms with Gasteiger partial charge >= 0.3 is 0 Å². The Morgan fingerprint density at radius 3 is 2.65 bits per heavy atom. The van der Waals surface area contributed by atoms with Crippen LogP contribution in [0.15, 0.2) is 18.2 Å². The highest BCUT2D eigenvalue weighted by molar-refractivity contribution is 5.97. The zero-order valence-electron chi connectivity index (χ0n) is 12.1. The summed E-state index contributed by atoms with van der Waals surface area (Å²) in [6.07, 6.45) is 0.645. The van der Waals surface area contributed by atoms with Gasteiger partial charge < -0.3 is 25.3 Å². The number of para-hydroxylation sites is 1. The SMILES string of the molecule is COCC(N)CCNC(=O)c1cccc(OC)c1OC. The van der Waals surface area contributed by atoms with Crippen molar-refractivity contribution >= 4 is 5.91 Å². The Labute approximate surface area is 119 Å². The first kappa shape index (κ1) is 16.3. The molecule has 0 saturated carbocycles. The number of hydrogen-bond donors (Lipinski definition) is 2. The lowest BCUT2D eigenvalue weighted by molar-refractivity contribution is 0.0946. The molecule has 1 aromatic carbocycles. The third kappa shape index (κ3) is 4.40. The van der Waals surface area contributed by atoms with Crippen LogP contribution in [0.5, 0.6) is 11.5 Å². The number of carbonyl (C=O) groups is 1. The summed E-state index contributed by atoms with van der Waals surface area (Å²) in [6.45, 7) is 0.947. The molecule has 0 bridgehead atoms. The standard InChI is InChI=1S/C14H22N2O4/c1-18-9-10(15)7-8-16-14(17)11-5-4-6-12(19-2)13(11)20-3/h4-6,10H,7-9,15H2,1-3H3,(H,16,17). The van der Waals surface area contributed by atoms with Crippen molar-refractivity contribution in [3.63, 3.8) is 0 Å². The second-order valence-corrected chi connectivity index (χ2v) is 4.30. The molecule has 20 heavy (non-hydrogen) atoms. The Balaban J connectivity index is 2.64. The van der Waals surface area contributed by atoms with Gasteiger partial charge in [0.15, 0.2) is 11.5 Å². The fourth-order valence-electron chi connectivity index (χ4n) is 1.83. The van der Waals surface area contributed by atoms with Crippen LogP contribution < -0.4 is 20.5 Å². The normalized spacial score (nSPS) is 11.8. The number of hydrogen-bond acceptors (Lipinski definition) is 5. The zero-order valence-corrected chi connectivity index (χ0v) is 12.1. The number of methoxy groups -OCH3 is 3. The molecule has 0 aliphatic rings. The van der Waals surface area contributed by atoms with Gasteiger partial charge in [0.1, 0.15) is 0 Å². The van der Waals surface area contributed by atoms with E-state index in [1.807, 2.05) is 0 Å². The third-order valence-electron chi connectivity index (χ3n) is 2.83. The van der Waals surface area contributed by atoms with Crippen LogP contribution in [0, 0.1) is 0 Å². The molecule has 1 aromatic rings. The van der Waals surface area contributed by atoms with E-state index in [0.29, 0.717) is 36.6 Å². The van der Waals surface area contributed by atoms with Crippen LogP contribution in [0.25, 0.3) is 0 Å². The molecule has 0 fully saturated rings. The van der Waals surface area contributed by atoms with Crippen LogP contribution in [0.4, 0.5) is 0 Å². The molecule has 6 nitrogen and oxygen atoms in total. The molecule has 1 amide bonds. The quantitative estimate of drug-likeness (QED) is 0.737. The lowest BCUT2D eigenvalue weighted by Gasteiger charge is -2.14. The average molecular weight is 282 g/mol. The van der Waals surface area contributed by atoms with Gasteiger partial charge in [0.2, 0.25) is 0 Å². The van der Waals surface area contributed by atoms with Gasteiger partial charge in [0.25, 0.3) is 5.91 Å². The third-order valence-corrected chi connectivity index (χ3v) is 2.83. The van der Waals surface area contributed by atoms with Gasteiger partial charge in [0.05, 0.1) is 26.4 Å². The highest BCUT2D eigenvalue weighted by Crippen LogP contribution is 2.30. The largest absolute Gasteiger partial charge is 0.493 e. The van der Waals surface area contributed by atoms with Crippen molar-refractivity contribution in [1.82, 2.24) is 5.32 Å². The van der Waals surface area contributed by atoms with Crippen LogP contribution in [-0.4, -0.2) is 46.4 Å². The van der Waals surface area contributed by atoms with Gasteiger partial charge in [-0.05, 0) is 18.6 Å². The smallest absolute Gasteiger partial charge is 0.255 e. The Kier molecular flexibility index (Phi) is 6.83. The maximum absolute atomic E-state index is 12.1. The van der Waals surface area contributed by atoms with Crippen molar-refractivity contribution in [3.8, 4) is 11.5 Å². The Hall–Kier alpha value is -1.79. The summed E-state index contributed by atoms with van der Waals surface area (Å²) in [4.78, 5) is 12.1. The first-order valence-corrected chi connectivity index (χ1v) is 6.37. The molecule has 0 aromatic heterocycles. The number of ether oxygens (including phenoxy) is 3. The summed E-state index contributed by atoms with van der Waals surface area (Å²) in [7, 11) is 4.63. The van der Waals surface area contributed by atoms with Crippen LogP contribution >= 0.6 is 0 Å². The maximum Gasteiger partial charge on any atom is 0.255 e. The number of benzene rings is 1. The molecule has 112 valence electrons. The Morgan fingerprint density at radius 1 is 1.30 bits per heavy atom. The summed E-state index contributed by atoms with van der Waals surface area (Å²) in [5.41, 5.74) is 6.23. The molecule has 1 rings (SSSR count). The highest BCUT2D eigenvalue weighted by atomic mass is 16.5. The molecule has 1 atom stereocenters.